The predicted octanol–water partition coefficient (Wildman–Crippen LogP) is 0.688. The molecule has 3 rings (SSSR count). The van der Waals surface area contributed by atoms with Gasteiger partial charge in [0.05, 0.1) is 0 Å². The van der Waals surface area contributed by atoms with Crippen molar-refractivity contribution in [2.24, 2.45) is 0 Å². The number of nitrogens with zero attached hydrogens (tertiary/aromatic N) is 1. The Labute approximate surface area is 118 Å². The Morgan fingerprint density at radius 1 is 1.45 bits per heavy atom. The fraction of sp³-hybridized carbons (Fsp3) is 0.600. The first-order valence-electron chi connectivity index (χ1n) is 7.38. The molecule has 108 valence electrons. The molecule has 1 aliphatic heterocycles. The van der Waals surface area contributed by atoms with E-state index in [1.807, 2.05) is 0 Å². The molecule has 2 heterocycles. The predicted molar refractivity (Wildman–Crippen MR) is 77.1 cm³/mol. The summed E-state index contributed by atoms with van der Waals surface area (Å²) in [5, 5.41) is 2.98. The van der Waals surface area contributed by atoms with E-state index >= 15 is 0 Å². The van der Waals surface area contributed by atoms with Crippen LogP contribution in [-0.4, -0.2) is 42.0 Å². The number of aryl methyl sites for hydroxylation is 1. The average Bonchev–Trinajstić information content (AvgIpc) is 2.44. The molecule has 1 aliphatic carbocycles. The second-order valence-corrected chi connectivity index (χ2v) is 5.84. The maximum absolute atomic E-state index is 12.3. The van der Waals surface area contributed by atoms with Gasteiger partial charge in [-0.2, -0.15) is 0 Å². The summed E-state index contributed by atoms with van der Waals surface area (Å²) < 4.78 is 0. The number of nitrogens with one attached hydrogen (secondary N) is 2. The van der Waals surface area contributed by atoms with Crippen LogP contribution in [0, 0.1) is 0 Å². The molecule has 5 nitrogen and oxygen atoms in total. The molecule has 0 saturated carbocycles. The molecule has 0 spiro atoms. The summed E-state index contributed by atoms with van der Waals surface area (Å²) in [6.07, 6.45) is 5.06. The van der Waals surface area contributed by atoms with Gasteiger partial charge in [0.2, 0.25) is 5.56 Å². The number of aromatic nitrogens is 1. The van der Waals surface area contributed by atoms with Crippen LogP contribution in [0.1, 0.15) is 40.9 Å². The van der Waals surface area contributed by atoms with Crippen molar-refractivity contribution in [1.29, 1.82) is 0 Å². The molecule has 2 N–H and O–H groups in total. The van der Waals surface area contributed by atoms with Gasteiger partial charge in [-0.15, -0.1) is 0 Å². The number of likely N-dealkylation sites (N-methyl/N-ethyl adjacent to an activating group) is 1. The van der Waals surface area contributed by atoms with Crippen LogP contribution in [0.3, 0.4) is 0 Å². The molecule has 1 fully saturated rings. The number of rotatable bonds is 3. The van der Waals surface area contributed by atoms with Crippen LogP contribution in [0.5, 0.6) is 0 Å². The molecule has 0 radical (unpaired) electrons. The highest BCUT2D eigenvalue weighted by molar-refractivity contribution is 5.95. The van der Waals surface area contributed by atoms with Crippen LogP contribution >= 0.6 is 0 Å². The number of hydrogen-bond donors (Lipinski definition) is 2. The molecule has 1 atom stereocenters. The molecule has 5 heteroatoms. The first kappa shape index (κ1) is 13.4. The lowest BCUT2D eigenvalue weighted by Gasteiger charge is -2.37. The monoisotopic (exact) mass is 275 g/mol. The van der Waals surface area contributed by atoms with E-state index in [1.54, 1.807) is 0 Å². The van der Waals surface area contributed by atoms with Gasteiger partial charge in [0.1, 0.15) is 0 Å². The first-order chi connectivity index (χ1) is 9.65. The van der Waals surface area contributed by atoms with E-state index in [-0.39, 0.29) is 11.5 Å². The molecule has 1 aromatic heterocycles. The lowest BCUT2D eigenvalue weighted by Crippen LogP contribution is -2.51. The van der Waals surface area contributed by atoms with E-state index in [2.05, 4.69) is 22.2 Å². The molecule has 1 aromatic rings. The minimum Gasteiger partial charge on any atom is -0.350 e. The zero-order valence-electron chi connectivity index (χ0n) is 11.9. The Hall–Kier alpha value is -1.62. The molecule has 1 saturated heterocycles. The van der Waals surface area contributed by atoms with Crippen LogP contribution in [0.15, 0.2) is 10.9 Å². The van der Waals surface area contributed by atoms with Crippen molar-refractivity contribution < 1.29 is 4.79 Å². The quantitative estimate of drug-likeness (QED) is 0.853. The Bertz CT molecular complexity index is 579. The van der Waals surface area contributed by atoms with Crippen molar-refractivity contribution in [3.05, 3.63) is 33.2 Å². The van der Waals surface area contributed by atoms with Crippen molar-refractivity contribution in [2.75, 3.05) is 20.1 Å². The van der Waals surface area contributed by atoms with Gasteiger partial charge in [-0.3, -0.25) is 9.59 Å². The van der Waals surface area contributed by atoms with Gasteiger partial charge in [-0.05, 0) is 51.3 Å². The van der Waals surface area contributed by atoms with Crippen molar-refractivity contribution in [3.63, 3.8) is 0 Å². The lowest BCUT2D eigenvalue weighted by molar-refractivity contribution is 0.0883. The maximum atomic E-state index is 12.3. The number of fused-ring (bicyclic) bond motifs is 1. The molecule has 1 unspecified atom stereocenters. The smallest absolute Gasteiger partial charge is 0.251 e. The van der Waals surface area contributed by atoms with Crippen LogP contribution in [0.4, 0.5) is 0 Å². The van der Waals surface area contributed by atoms with E-state index < -0.39 is 0 Å². The van der Waals surface area contributed by atoms with Crippen molar-refractivity contribution >= 4 is 5.91 Å². The highest BCUT2D eigenvalue weighted by atomic mass is 16.2. The molecule has 2 aliphatic rings. The van der Waals surface area contributed by atoms with Crippen LogP contribution in [-0.2, 0) is 12.8 Å². The summed E-state index contributed by atoms with van der Waals surface area (Å²) >= 11 is 0. The molecule has 1 amide bonds. The van der Waals surface area contributed by atoms with Crippen LogP contribution < -0.4 is 10.9 Å². The second kappa shape index (κ2) is 5.40. The molecular formula is C15H21N3O2. The molecule has 20 heavy (non-hydrogen) atoms. The largest absolute Gasteiger partial charge is 0.350 e. The second-order valence-electron chi connectivity index (χ2n) is 5.84. The van der Waals surface area contributed by atoms with Gasteiger partial charge in [0.15, 0.2) is 0 Å². The maximum Gasteiger partial charge on any atom is 0.251 e. The number of aromatic amines is 1. The third-order valence-electron chi connectivity index (χ3n) is 4.52. The number of hydrogen-bond acceptors (Lipinski definition) is 3. The third-order valence-corrected chi connectivity index (χ3v) is 4.52. The van der Waals surface area contributed by atoms with Gasteiger partial charge in [-0.1, -0.05) is 0 Å². The van der Waals surface area contributed by atoms with E-state index in [9.17, 15) is 9.59 Å². The van der Waals surface area contributed by atoms with E-state index in [0.29, 0.717) is 18.2 Å². The highest BCUT2D eigenvalue weighted by Gasteiger charge is 2.25. The summed E-state index contributed by atoms with van der Waals surface area (Å²) in [6.45, 7) is 1.76. The summed E-state index contributed by atoms with van der Waals surface area (Å²) in [5.74, 6) is -0.102. The SMILES string of the molecule is CN1CCC1CNC(=O)c1cc(=O)[nH]c2c1CCCC2. The van der Waals surface area contributed by atoms with E-state index in [1.165, 1.54) is 6.07 Å². The summed E-state index contributed by atoms with van der Waals surface area (Å²) in [5.41, 5.74) is 2.40. The van der Waals surface area contributed by atoms with Crippen molar-refractivity contribution in [2.45, 2.75) is 38.1 Å². The topological polar surface area (TPSA) is 65.2 Å². The Morgan fingerprint density at radius 3 is 2.95 bits per heavy atom. The van der Waals surface area contributed by atoms with Gasteiger partial charge in [0.25, 0.3) is 5.91 Å². The standard InChI is InChI=1S/C15H21N3O2/c1-18-7-6-10(18)9-16-15(20)12-8-14(19)17-13-5-3-2-4-11(12)13/h8,10H,2-7,9H2,1H3,(H,16,20)(H,17,19). The van der Waals surface area contributed by atoms with Crippen LogP contribution in [0.2, 0.25) is 0 Å². The number of carbonyl (C=O) groups excluding carboxylic acids is 1. The minimum absolute atomic E-state index is 0.102. The fourth-order valence-corrected chi connectivity index (χ4v) is 3.08. The van der Waals surface area contributed by atoms with Gasteiger partial charge in [-0.25, -0.2) is 0 Å². The van der Waals surface area contributed by atoms with Gasteiger partial charge >= 0.3 is 0 Å². The number of pyridine rings is 1. The first-order valence-corrected chi connectivity index (χ1v) is 7.38. The third kappa shape index (κ3) is 2.50. The van der Waals surface area contributed by atoms with Crippen LogP contribution in [0.25, 0.3) is 0 Å². The normalized spacial score (nSPS) is 21.9. The Balaban J connectivity index is 1.76. The summed E-state index contributed by atoms with van der Waals surface area (Å²) in [7, 11) is 2.06. The Kier molecular flexibility index (Phi) is 3.61. The molecular weight excluding hydrogens is 254 g/mol. The van der Waals surface area contributed by atoms with Crippen molar-refractivity contribution in [1.82, 2.24) is 15.2 Å². The summed E-state index contributed by atoms with van der Waals surface area (Å²) in [6, 6.07) is 1.89. The van der Waals surface area contributed by atoms with Gasteiger partial charge < -0.3 is 15.2 Å². The average molecular weight is 275 g/mol. The lowest BCUT2D eigenvalue weighted by atomic mass is 9.92. The minimum atomic E-state index is -0.170. The van der Waals surface area contributed by atoms with E-state index in [4.69, 9.17) is 0 Å². The van der Waals surface area contributed by atoms with Crippen molar-refractivity contribution in [3.8, 4) is 0 Å². The summed E-state index contributed by atoms with van der Waals surface area (Å²) in [4.78, 5) is 29.1. The molecule has 0 bridgehead atoms. The van der Waals surface area contributed by atoms with E-state index in [0.717, 1.165) is 49.9 Å². The highest BCUT2D eigenvalue weighted by Crippen LogP contribution is 2.21. The Morgan fingerprint density at radius 2 is 2.25 bits per heavy atom. The number of carbonyl (C=O) groups is 1. The zero-order valence-corrected chi connectivity index (χ0v) is 11.9. The number of amides is 1. The number of likely N-dealkylation sites (tertiary alicyclic amines) is 1. The number of H-pyrrole nitrogens is 1. The molecule has 0 aromatic carbocycles. The van der Waals surface area contributed by atoms with Gasteiger partial charge in [0, 0.05) is 29.9 Å². The fourth-order valence-electron chi connectivity index (χ4n) is 3.08. The zero-order chi connectivity index (χ0) is 14.1.